The van der Waals surface area contributed by atoms with Gasteiger partial charge in [0.15, 0.2) is 18.0 Å². The van der Waals surface area contributed by atoms with Crippen LogP contribution in [0.25, 0.3) is 0 Å². The number of carbonyl (C=O) groups excluding carboxylic acids is 5. The average molecular weight is 502 g/mol. The topological polar surface area (TPSA) is 165 Å². The second-order valence-electron chi connectivity index (χ2n) is 7.00. The molecule has 188 valence electrons. The van der Waals surface area contributed by atoms with Gasteiger partial charge in [0.05, 0.1) is 6.26 Å². The third-order valence-electron chi connectivity index (χ3n) is 4.26. The number of nitrogens with zero attached hydrogens (tertiary/aromatic N) is 1. The lowest BCUT2D eigenvalue weighted by molar-refractivity contribution is -0.297. The van der Waals surface area contributed by atoms with Crippen molar-refractivity contribution in [1.82, 2.24) is 0 Å². The highest BCUT2D eigenvalue weighted by molar-refractivity contribution is 8.03. The lowest BCUT2D eigenvalue weighted by Crippen LogP contribution is -2.62. The summed E-state index contributed by atoms with van der Waals surface area (Å²) in [5, 5.41) is 10.7. The van der Waals surface area contributed by atoms with Crippen molar-refractivity contribution in [3.05, 3.63) is 11.8 Å². The molecule has 5 atom stereocenters. The summed E-state index contributed by atoms with van der Waals surface area (Å²) in [6, 6.07) is 0. The largest absolute Gasteiger partial charge is 0.468 e. The molecule has 0 bridgehead atoms. The predicted octanol–water partition coefficient (Wildman–Crippen LogP) is 1.16. The van der Waals surface area contributed by atoms with Gasteiger partial charge in [-0.2, -0.15) is 5.26 Å². The Kier molecular flexibility index (Phi) is 12.1. The number of hydrogen-bond acceptors (Lipinski definition) is 13. The van der Waals surface area contributed by atoms with Gasteiger partial charge in [0.25, 0.3) is 0 Å². The molecule has 34 heavy (non-hydrogen) atoms. The Labute approximate surface area is 200 Å². The quantitative estimate of drug-likeness (QED) is 0.130. The molecule has 0 unspecified atom stereocenters. The molecule has 12 nitrogen and oxygen atoms in total. The average Bonchev–Trinajstić information content (AvgIpc) is 2.74. The van der Waals surface area contributed by atoms with Crippen LogP contribution in [-0.2, 0) is 52.4 Å². The molecular weight excluding hydrogens is 474 g/mol. The number of hydrogen-bond donors (Lipinski definition) is 0. The molecule has 1 heterocycles. The van der Waals surface area contributed by atoms with E-state index in [0.29, 0.717) is 0 Å². The fraction of sp³-hybridized carbons (Fsp3) is 0.619. The van der Waals surface area contributed by atoms with Crippen LogP contribution in [0.2, 0.25) is 0 Å². The SMILES string of the molecule is CCC(=O)/C(=C\O[C@@H]1O[C@H](COC(C)=O)[C@@H](OC(C)=O)[C@H](OC(C)=O)[C@H]1OC(C)=O)CSC#N. The molecular formula is C21H27NO11S. The van der Waals surface area contributed by atoms with Crippen LogP contribution in [0.5, 0.6) is 0 Å². The van der Waals surface area contributed by atoms with Gasteiger partial charge in [-0.3, -0.25) is 24.0 Å². The van der Waals surface area contributed by atoms with Gasteiger partial charge in [-0.15, -0.1) is 0 Å². The van der Waals surface area contributed by atoms with Crippen LogP contribution in [0.4, 0.5) is 0 Å². The van der Waals surface area contributed by atoms with E-state index in [-0.39, 0.29) is 23.5 Å². The van der Waals surface area contributed by atoms with Crippen molar-refractivity contribution < 1.29 is 52.4 Å². The molecule has 0 aliphatic carbocycles. The van der Waals surface area contributed by atoms with E-state index in [2.05, 4.69) is 0 Å². The lowest BCUT2D eigenvalue weighted by atomic mass is 9.98. The highest BCUT2D eigenvalue weighted by atomic mass is 32.2. The van der Waals surface area contributed by atoms with E-state index in [1.54, 1.807) is 6.92 Å². The zero-order chi connectivity index (χ0) is 25.8. The van der Waals surface area contributed by atoms with E-state index >= 15 is 0 Å². The van der Waals surface area contributed by atoms with Crippen LogP contribution < -0.4 is 0 Å². The summed E-state index contributed by atoms with van der Waals surface area (Å²) in [7, 11) is 0. The number of nitriles is 1. The summed E-state index contributed by atoms with van der Waals surface area (Å²) in [5.41, 5.74) is 0.155. The van der Waals surface area contributed by atoms with Crippen molar-refractivity contribution >= 4 is 41.4 Å². The number of ether oxygens (including phenoxy) is 6. The van der Waals surface area contributed by atoms with Gasteiger partial charge in [0, 0.05) is 45.4 Å². The third kappa shape index (κ3) is 9.40. The van der Waals surface area contributed by atoms with Gasteiger partial charge in [-0.05, 0) is 11.8 Å². The van der Waals surface area contributed by atoms with Crippen molar-refractivity contribution in [2.24, 2.45) is 0 Å². The Hall–Kier alpha value is -3.11. The Balaban J connectivity index is 3.42. The zero-order valence-electron chi connectivity index (χ0n) is 19.4. The smallest absolute Gasteiger partial charge is 0.303 e. The highest BCUT2D eigenvalue weighted by Crippen LogP contribution is 2.30. The molecule has 0 amide bonds. The zero-order valence-corrected chi connectivity index (χ0v) is 20.2. The minimum absolute atomic E-state index is 0.0223. The summed E-state index contributed by atoms with van der Waals surface area (Å²) in [4.78, 5) is 58.9. The fourth-order valence-corrected chi connectivity index (χ4v) is 3.41. The van der Waals surface area contributed by atoms with E-state index in [1.807, 2.05) is 5.40 Å². The van der Waals surface area contributed by atoms with Gasteiger partial charge in [-0.25, -0.2) is 0 Å². The molecule has 1 rings (SSSR count). The summed E-state index contributed by atoms with van der Waals surface area (Å²) in [5.74, 6) is -3.26. The molecule has 0 saturated carbocycles. The normalized spacial score (nSPS) is 24.2. The van der Waals surface area contributed by atoms with Gasteiger partial charge < -0.3 is 28.4 Å². The van der Waals surface area contributed by atoms with Gasteiger partial charge in [0.1, 0.15) is 18.1 Å². The van der Waals surface area contributed by atoms with E-state index in [9.17, 15) is 24.0 Å². The number of carbonyl (C=O) groups is 5. The summed E-state index contributed by atoms with van der Waals surface area (Å²) in [6.07, 6.45) is -5.56. The van der Waals surface area contributed by atoms with Crippen molar-refractivity contribution in [3.63, 3.8) is 0 Å². The number of esters is 4. The standard InChI is InChI=1S/C21H27NO11S/c1-6-16(27)15(9-34-10-22)7-29-21-20(32-14(5)26)19(31-13(4)25)18(30-12(3)24)17(33-21)8-28-11(2)23/h7,17-21H,6,8-9H2,1-5H3/b15-7-/t17-,18-,19+,20-,21-/m1/s1. The number of Topliss-reactive ketones (excluding diaryl/α,β-unsaturated/α-hetero) is 1. The van der Waals surface area contributed by atoms with Gasteiger partial charge in [-0.1, -0.05) is 6.92 Å². The Bertz CT molecular complexity index is 850. The van der Waals surface area contributed by atoms with Crippen LogP contribution in [0.1, 0.15) is 41.0 Å². The van der Waals surface area contributed by atoms with Crippen molar-refractivity contribution in [2.75, 3.05) is 12.4 Å². The van der Waals surface area contributed by atoms with Gasteiger partial charge in [0.2, 0.25) is 12.4 Å². The second-order valence-corrected chi connectivity index (χ2v) is 7.76. The van der Waals surface area contributed by atoms with Gasteiger partial charge >= 0.3 is 23.9 Å². The number of thioether (sulfide) groups is 1. The monoisotopic (exact) mass is 501 g/mol. The molecule has 0 aromatic heterocycles. The predicted molar refractivity (Wildman–Crippen MR) is 114 cm³/mol. The van der Waals surface area contributed by atoms with E-state index in [4.69, 9.17) is 33.7 Å². The number of thiocyanates is 1. The van der Waals surface area contributed by atoms with Crippen LogP contribution in [0, 0.1) is 10.7 Å². The Morgan fingerprint density at radius 3 is 1.97 bits per heavy atom. The summed E-state index contributed by atoms with van der Waals surface area (Å²) >= 11 is 0.812. The van der Waals surface area contributed by atoms with Crippen LogP contribution in [-0.4, -0.2) is 72.7 Å². The summed E-state index contributed by atoms with van der Waals surface area (Å²) in [6.45, 7) is 5.67. The van der Waals surface area contributed by atoms with E-state index in [1.165, 1.54) is 0 Å². The number of ketones is 1. The first-order chi connectivity index (χ1) is 16.0. The lowest BCUT2D eigenvalue weighted by Gasteiger charge is -2.43. The molecule has 0 N–H and O–H groups in total. The van der Waals surface area contributed by atoms with E-state index < -0.39 is 61.2 Å². The van der Waals surface area contributed by atoms with Crippen LogP contribution in [0.15, 0.2) is 11.8 Å². The molecule has 1 saturated heterocycles. The molecule has 13 heteroatoms. The first-order valence-corrected chi connectivity index (χ1v) is 11.2. The van der Waals surface area contributed by atoms with Crippen LogP contribution >= 0.6 is 11.8 Å². The molecule has 0 spiro atoms. The maximum atomic E-state index is 12.2. The Morgan fingerprint density at radius 1 is 0.912 bits per heavy atom. The molecule has 1 aliphatic rings. The van der Waals surface area contributed by atoms with Crippen molar-refractivity contribution in [2.45, 2.75) is 71.7 Å². The Morgan fingerprint density at radius 2 is 1.47 bits per heavy atom. The first kappa shape index (κ1) is 28.9. The molecule has 0 radical (unpaired) electrons. The summed E-state index contributed by atoms with van der Waals surface area (Å²) < 4.78 is 32.2. The van der Waals surface area contributed by atoms with E-state index in [0.717, 1.165) is 45.7 Å². The second kappa shape index (κ2) is 14.2. The number of rotatable bonds is 11. The first-order valence-electron chi connectivity index (χ1n) is 10.2. The van der Waals surface area contributed by atoms with Crippen molar-refractivity contribution in [1.29, 1.82) is 5.26 Å². The fourth-order valence-electron chi connectivity index (χ4n) is 2.96. The minimum atomic E-state index is -1.45. The molecule has 0 aromatic carbocycles. The third-order valence-corrected chi connectivity index (χ3v) is 4.85. The molecule has 1 aliphatic heterocycles. The molecule has 0 aromatic rings. The van der Waals surface area contributed by atoms with Crippen molar-refractivity contribution in [3.8, 4) is 5.40 Å². The highest BCUT2D eigenvalue weighted by Gasteiger charge is 2.53. The minimum Gasteiger partial charge on any atom is -0.468 e. The maximum Gasteiger partial charge on any atom is 0.303 e. The van der Waals surface area contributed by atoms with Crippen LogP contribution in [0.3, 0.4) is 0 Å². The maximum absolute atomic E-state index is 12.2. The molecule has 1 fully saturated rings.